The van der Waals surface area contributed by atoms with Crippen molar-refractivity contribution in [1.29, 1.82) is 0 Å². The van der Waals surface area contributed by atoms with Crippen LogP contribution in [0.3, 0.4) is 0 Å². The van der Waals surface area contributed by atoms with E-state index in [4.69, 9.17) is 0 Å². The van der Waals surface area contributed by atoms with Gasteiger partial charge < -0.3 is 0 Å². The maximum Gasteiger partial charge on any atom is 0.244 e. The first-order valence-corrected chi connectivity index (χ1v) is 7.89. The van der Waals surface area contributed by atoms with Crippen molar-refractivity contribution in [2.45, 2.75) is 20.4 Å². The standard InChI is InChI=1S/C15H15FN6S/c1-3-22-9-12(10(2)21-22)13-6-7-17-15(19-13)20-18-8-11-4-5-14(16)23-11/h4-9H,3H2,1-2H3,(H,17,19,20)/b18-8+. The van der Waals surface area contributed by atoms with Crippen molar-refractivity contribution < 1.29 is 4.39 Å². The first-order chi connectivity index (χ1) is 11.2. The van der Waals surface area contributed by atoms with E-state index >= 15 is 0 Å². The Labute approximate surface area is 136 Å². The molecule has 0 aliphatic rings. The van der Waals surface area contributed by atoms with Gasteiger partial charge in [-0.3, -0.25) is 4.68 Å². The minimum absolute atomic E-state index is 0.242. The predicted octanol–water partition coefficient (Wildman–Crippen LogP) is 3.32. The molecule has 0 atom stereocenters. The van der Waals surface area contributed by atoms with Gasteiger partial charge in [-0.2, -0.15) is 14.6 Å². The fraction of sp³-hybridized carbons (Fsp3) is 0.200. The Morgan fingerprint density at radius 2 is 2.26 bits per heavy atom. The Morgan fingerprint density at radius 3 is 2.96 bits per heavy atom. The molecule has 0 radical (unpaired) electrons. The van der Waals surface area contributed by atoms with Gasteiger partial charge in [-0.15, -0.1) is 11.3 Å². The molecule has 0 aromatic carbocycles. The van der Waals surface area contributed by atoms with E-state index in [9.17, 15) is 4.39 Å². The SMILES string of the molecule is CCn1cc(-c2ccnc(N/N=C/c3ccc(F)s3)n2)c(C)n1. The zero-order valence-electron chi connectivity index (χ0n) is 12.7. The molecule has 23 heavy (non-hydrogen) atoms. The second-order valence-corrected chi connectivity index (χ2v) is 5.83. The summed E-state index contributed by atoms with van der Waals surface area (Å²) in [4.78, 5) is 9.27. The maximum absolute atomic E-state index is 12.9. The van der Waals surface area contributed by atoms with Gasteiger partial charge >= 0.3 is 0 Å². The number of hydrazone groups is 1. The summed E-state index contributed by atoms with van der Waals surface area (Å²) in [7, 11) is 0. The normalized spacial score (nSPS) is 11.3. The molecule has 0 aliphatic heterocycles. The highest BCUT2D eigenvalue weighted by Crippen LogP contribution is 2.21. The van der Waals surface area contributed by atoms with E-state index in [1.165, 1.54) is 12.3 Å². The molecule has 0 saturated carbocycles. The first-order valence-electron chi connectivity index (χ1n) is 7.07. The minimum atomic E-state index is -0.242. The largest absolute Gasteiger partial charge is 0.272 e. The summed E-state index contributed by atoms with van der Waals surface area (Å²) in [5.41, 5.74) is 5.40. The molecule has 3 rings (SSSR count). The van der Waals surface area contributed by atoms with Crippen LogP contribution in [0.1, 0.15) is 17.5 Å². The first kappa shape index (κ1) is 15.3. The molecule has 3 heterocycles. The van der Waals surface area contributed by atoms with Crippen LogP contribution in [0, 0.1) is 12.1 Å². The monoisotopic (exact) mass is 330 g/mol. The number of rotatable bonds is 5. The van der Waals surface area contributed by atoms with E-state index in [2.05, 4.69) is 25.6 Å². The number of halogens is 1. The second-order valence-electron chi connectivity index (χ2n) is 4.76. The molecule has 0 bridgehead atoms. The summed E-state index contributed by atoms with van der Waals surface area (Å²) in [6.45, 7) is 4.78. The van der Waals surface area contributed by atoms with Crippen LogP contribution in [-0.4, -0.2) is 26.0 Å². The smallest absolute Gasteiger partial charge is 0.244 e. The fourth-order valence-corrected chi connectivity index (χ4v) is 2.65. The summed E-state index contributed by atoms with van der Waals surface area (Å²) in [6.07, 6.45) is 5.15. The number of nitrogens with zero attached hydrogens (tertiary/aromatic N) is 5. The zero-order valence-corrected chi connectivity index (χ0v) is 13.5. The van der Waals surface area contributed by atoms with Crippen molar-refractivity contribution in [3.05, 3.63) is 46.3 Å². The van der Waals surface area contributed by atoms with Crippen LogP contribution in [0.2, 0.25) is 0 Å². The Bertz CT molecular complexity index is 838. The molecule has 6 nitrogen and oxygen atoms in total. The highest BCUT2D eigenvalue weighted by atomic mass is 32.1. The van der Waals surface area contributed by atoms with Gasteiger partial charge in [0.1, 0.15) is 0 Å². The lowest BCUT2D eigenvalue weighted by molar-refractivity contribution is 0.653. The third-order valence-corrected chi connectivity index (χ3v) is 3.96. The van der Waals surface area contributed by atoms with Crippen LogP contribution in [0.25, 0.3) is 11.3 Å². The summed E-state index contributed by atoms with van der Waals surface area (Å²) in [5.74, 6) is 0.374. The van der Waals surface area contributed by atoms with Crippen LogP contribution in [-0.2, 0) is 6.54 Å². The number of hydrogen-bond donors (Lipinski definition) is 1. The lowest BCUT2D eigenvalue weighted by Crippen LogP contribution is -1.97. The number of aromatic nitrogens is 4. The van der Waals surface area contributed by atoms with E-state index < -0.39 is 0 Å². The van der Waals surface area contributed by atoms with E-state index in [1.54, 1.807) is 12.3 Å². The maximum atomic E-state index is 12.9. The predicted molar refractivity (Wildman–Crippen MR) is 89.2 cm³/mol. The summed E-state index contributed by atoms with van der Waals surface area (Å²) in [5, 5.41) is 8.20. The number of thiophene rings is 1. The van der Waals surface area contributed by atoms with E-state index in [0.29, 0.717) is 10.8 Å². The van der Waals surface area contributed by atoms with Crippen LogP contribution in [0.4, 0.5) is 10.3 Å². The van der Waals surface area contributed by atoms with Gasteiger partial charge in [0, 0.05) is 24.5 Å². The average Bonchev–Trinajstić information content (AvgIpc) is 3.13. The van der Waals surface area contributed by atoms with Gasteiger partial charge in [0.05, 0.1) is 22.5 Å². The minimum Gasteiger partial charge on any atom is -0.272 e. The average molecular weight is 330 g/mol. The zero-order chi connectivity index (χ0) is 16.2. The van der Waals surface area contributed by atoms with Gasteiger partial charge in [0.2, 0.25) is 5.95 Å². The number of hydrogen-bond acceptors (Lipinski definition) is 6. The molecule has 8 heteroatoms. The van der Waals surface area contributed by atoms with Gasteiger partial charge in [-0.05, 0) is 32.0 Å². The molecule has 0 spiro atoms. The van der Waals surface area contributed by atoms with Gasteiger partial charge in [-0.25, -0.2) is 15.4 Å². The number of nitrogens with one attached hydrogen (secondary N) is 1. The molecule has 0 amide bonds. The number of anilines is 1. The van der Waals surface area contributed by atoms with Crippen LogP contribution < -0.4 is 5.43 Å². The Hall–Kier alpha value is -2.61. The summed E-state index contributed by atoms with van der Waals surface area (Å²) < 4.78 is 14.8. The third-order valence-electron chi connectivity index (χ3n) is 3.15. The molecule has 0 unspecified atom stereocenters. The molecule has 1 N–H and O–H groups in total. The molecule has 118 valence electrons. The van der Waals surface area contributed by atoms with Crippen molar-refractivity contribution in [3.8, 4) is 11.3 Å². The summed E-state index contributed by atoms with van der Waals surface area (Å²) in [6, 6.07) is 4.88. The van der Waals surface area contributed by atoms with Crippen LogP contribution in [0.5, 0.6) is 0 Å². The Balaban J connectivity index is 1.77. The van der Waals surface area contributed by atoms with E-state index in [1.807, 2.05) is 30.8 Å². The van der Waals surface area contributed by atoms with Crippen molar-refractivity contribution in [3.63, 3.8) is 0 Å². The fourth-order valence-electron chi connectivity index (χ4n) is 2.05. The molecular weight excluding hydrogens is 315 g/mol. The molecule has 0 fully saturated rings. The number of aryl methyl sites for hydroxylation is 2. The quantitative estimate of drug-likeness (QED) is 0.575. The second kappa shape index (κ2) is 6.66. The highest BCUT2D eigenvalue weighted by Gasteiger charge is 2.09. The van der Waals surface area contributed by atoms with E-state index in [0.717, 1.165) is 34.8 Å². The van der Waals surface area contributed by atoms with Crippen LogP contribution >= 0.6 is 11.3 Å². The summed E-state index contributed by atoms with van der Waals surface area (Å²) >= 11 is 1.02. The van der Waals surface area contributed by atoms with E-state index in [-0.39, 0.29) is 5.13 Å². The highest BCUT2D eigenvalue weighted by molar-refractivity contribution is 7.12. The third kappa shape index (κ3) is 3.59. The molecular formula is C15H15FN6S. The van der Waals surface area contributed by atoms with Gasteiger partial charge in [0.15, 0.2) is 5.13 Å². The van der Waals surface area contributed by atoms with Gasteiger partial charge in [-0.1, -0.05) is 0 Å². The van der Waals surface area contributed by atoms with Gasteiger partial charge in [0.25, 0.3) is 0 Å². The van der Waals surface area contributed by atoms with Crippen molar-refractivity contribution in [1.82, 2.24) is 19.7 Å². The lowest BCUT2D eigenvalue weighted by atomic mass is 10.2. The molecule has 3 aromatic heterocycles. The Kier molecular flexibility index (Phi) is 4.42. The molecule has 3 aromatic rings. The van der Waals surface area contributed by atoms with Crippen molar-refractivity contribution in [2.24, 2.45) is 5.10 Å². The van der Waals surface area contributed by atoms with Crippen molar-refractivity contribution >= 4 is 23.5 Å². The van der Waals surface area contributed by atoms with Crippen LogP contribution in [0.15, 0.2) is 35.7 Å². The Morgan fingerprint density at radius 1 is 1.39 bits per heavy atom. The molecule has 0 saturated heterocycles. The molecule has 0 aliphatic carbocycles. The topological polar surface area (TPSA) is 68.0 Å². The lowest BCUT2D eigenvalue weighted by Gasteiger charge is -2.01. The van der Waals surface area contributed by atoms with Crippen molar-refractivity contribution in [2.75, 3.05) is 5.43 Å².